The first-order valence-corrected chi connectivity index (χ1v) is 7.33. The van der Waals surface area contributed by atoms with Gasteiger partial charge in [-0.15, -0.1) is 0 Å². The average Bonchev–Trinajstić information content (AvgIpc) is 2.86. The van der Waals surface area contributed by atoms with Crippen molar-refractivity contribution in [1.82, 2.24) is 19.9 Å². The molecule has 0 aliphatic rings. The highest BCUT2D eigenvalue weighted by Gasteiger charge is 2.10. The molecular formula is C16H22N4O2. The predicted octanol–water partition coefficient (Wildman–Crippen LogP) is 1.51. The summed E-state index contributed by atoms with van der Waals surface area (Å²) in [5.41, 5.74) is 2.44. The number of rotatable bonds is 7. The Labute approximate surface area is 130 Å². The summed E-state index contributed by atoms with van der Waals surface area (Å²) in [6.45, 7) is 5.80. The minimum atomic E-state index is -0.0997. The summed E-state index contributed by atoms with van der Waals surface area (Å²) >= 11 is 0. The van der Waals surface area contributed by atoms with Gasteiger partial charge in [0.25, 0.3) is 5.91 Å². The number of imidazole rings is 1. The van der Waals surface area contributed by atoms with Crippen molar-refractivity contribution in [1.29, 1.82) is 0 Å². The second-order valence-corrected chi connectivity index (χ2v) is 5.10. The van der Waals surface area contributed by atoms with Crippen LogP contribution in [0.5, 0.6) is 0 Å². The third-order valence-corrected chi connectivity index (χ3v) is 3.54. The summed E-state index contributed by atoms with van der Waals surface area (Å²) in [7, 11) is 1.68. The Kier molecular flexibility index (Phi) is 5.66. The van der Waals surface area contributed by atoms with Crippen LogP contribution in [0.15, 0.2) is 24.5 Å². The van der Waals surface area contributed by atoms with Crippen LogP contribution in [0.25, 0.3) is 0 Å². The van der Waals surface area contributed by atoms with Gasteiger partial charge >= 0.3 is 0 Å². The van der Waals surface area contributed by atoms with E-state index in [4.69, 9.17) is 4.74 Å². The lowest BCUT2D eigenvalue weighted by atomic mass is 10.2. The summed E-state index contributed by atoms with van der Waals surface area (Å²) in [5.74, 6) is 0.857. The maximum Gasteiger partial charge on any atom is 0.253 e. The highest BCUT2D eigenvalue weighted by molar-refractivity contribution is 5.95. The molecule has 0 radical (unpaired) electrons. The first kappa shape index (κ1) is 16.2. The number of carbonyl (C=O) groups is 1. The van der Waals surface area contributed by atoms with Gasteiger partial charge in [0, 0.05) is 50.4 Å². The van der Waals surface area contributed by atoms with E-state index in [2.05, 4.69) is 19.9 Å². The SMILES string of the molecule is COCCn1c(C)cnc1CCNC(=O)c1cccnc1C. The molecule has 2 heterocycles. The van der Waals surface area contributed by atoms with Crippen LogP contribution in [-0.4, -0.2) is 40.7 Å². The molecule has 0 spiro atoms. The number of aromatic nitrogens is 3. The molecule has 0 atom stereocenters. The quantitative estimate of drug-likeness (QED) is 0.842. The van der Waals surface area contributed by atoms with E-state index in [9.17, 15) is 4.79 Å². The highest BCUT2D eigenvalue weighted by Crippen LogP contribution is 2.06. The molecule has 2 rings (SSSR count). The number of carbonyl (C=O) groups excluding carboxylic acids is 1. The van der Waals surface area contributed by atoms with Crippen LogP contribution in [-0.2, 0) is 17.7 Å². The smallest absolute Gasteiger partial charge is 0.253 e. The van der Waals surface area contributed by atoms with Crippen molar-refractivity contribution in [2.24, 2.45) is 0 Å². The monoisotopic (exact) mass is 302 g/mol. The number of nitrogens with one attached hydrogen (secondary N) is 1. The molecule has 0 saturated heterocycles. The van der Waals surface area contributed by atoms with Crippen molar-refractivity contribution in [2.75, 3.05) is 20.3 Å². The number of aryl methyl sites for hydroxylation is 2. The summed E-state index contributed by atoms with van der Waals surface area (Å²) in [6.07, 6.45) is 4.21. The number of hydrogen-bond donors (Lipinski definition) is 1. The van der Waals surface area contributed by atoms with Crippen molar-refractivity contribution in [2.45, 2.75) is 26.8 Å². The zero-order valence-electron chi connectivity index (χ0n) is 13.3. The van der Waals surface area contributed by atoms with E-state index in [1.807, 2.05) is 20.0 Å². The fourth-order valence-corrected chi connectivity index (χ4v) is 2.31. The highest BCUT2D eigenvalue weighted by atomic mass is 16.5. The molecule has 0 aliphatic heterocycles. The van der Waals surface area contributed by atoms with Gasteiger partial charge in [-0.05, 0) is 26.0 Å². The van der Waals surface area contributed by atoms with Gasteiger partial charge in [0.05, 0.1) is 12.2 Å². The van der Waals surface area contributed by atoms with Gasteiger partial charge < -0.3 is 14.6 Å². The van der Waals surface area contributed by atoms with Crippen LogP contribution >= 0.6 is 0 Å². The maximum atomic E-state index is 12.1. The van der Waals surface area contributed by atoms with Crippen molar-refractivity contribution in [3.8, 4) is 0 Å². The normalized spacial score (nSPS) is 10.7. The molecule has 0 aliphatic carbocycles. The van der Waals surface area contributed by atoms with Crippen LogP contribution in [0.4, 0.5) is 0 Å². The van der Waals surface area contributed by atoms with Gasteiger partial charge in [-0.1, -0.05) is 0 Å². The predicted molar refractivity (Wildman–Crippen MR) is 83.9 cm³/mol. The second kappa shape index (κ2) is 7.70. The van der Waals surface area contributed by atoms with E-state index in [1.54, 1.807) is 25.4 Å². The molecular weight excluding hydrogens is 280 g/mol. The van der Waals surface area contributed by atoms with Crippen LogP contribution in [0, 0.1) is 13.8 Å². The molecule has 1 amide bonds. The Morgan fingerprint density at radius 3 is 2.91 bits per heavy atom. The van der Waals surface area contributed by atoms with Crippen molar-refractivity contribution in [3.63, 3.8) is 0 Å². The Bertz CT molecular complexity index is 637. The number of nitrogens with zero attached hydrogens (tertiary/aromatic N) is 3. The van der Waals surface area contributed by atoms with Gasteiger partial charge in [0.1, 0.15) is 5.82 Å². The minimum Gasteiger partial charge on any atom is -0.383 e. The molecule has 0 aromatic carbocycles. The topological polar surface area (TPSA) is 69.0 Å². The van der Waals surface area contributed by atoms with E-state index < -0.39 is 0 Å². The molecule has 0 fully saturated rings. The van der Waals surface area contributed by atoms with E-state index in [0.29, 0.717) is 25.1 Å². The number of hydrogen-bond acceptors (Lipinski definition) is 4. The van der Waals surface area contributed by atoms with E-state index in [-0.39, 0.29) is 5.91 Å². The van der Waals surface area contributed by atoms with Gasteiger partial charge in [-0.3, -0.25) is 9.78 Å². The molecule has 1 N–H and O–H groups in total. The third kappa shape index (κ3) is 3.92. The standard InChI is InChI=1S/C16H22N4O2/c1-12-11-19-15(20(12)9-10-22-3)6-8-18-16(21)14-5-4-7-17-13(14)2/h4-5,7,11H,6,8-10H2,1-3H3,(H,18,21). The van der Waals surface area contributed by atoms with E-state index in [1.165, 1.54) is 0 Å². The first-order chi connectivity index (χ1) is 10.6. The average molecular weight is 302 g/mol. The summed E-state index contributed by atoms with van der Waals surface area (Å²) in [4.78, 5) is 20.6. The van der Waals surface area contributed by atoms with Gasteiger partial charge in [0.15, 0.2) is 0 Å². The molecule has 118 valence electrons. The van der Waals surface area contributed by atoms with E-state index in [0.717, 1.165) is 23.8 Å². The van der Waals surface area contributed by atoms with Crippen molar-refractivity contribution in [3.05, 3.63) is 47.3 Å². The number of pyridine rings is 1. The Morgan fingerprint density at radius 1 is 1.36 bits per heavy atom. The second-order valence-electron chi connectivity index (χ2n) is 5.10. The summed E-state index contributed by atoms with van der Waals surface area (Å²) in [6, 6.07) is 3.55. The van der Waals surface area contributed by atoms with Crippen LogP contribution in [0.1, 0.15) is 27.6 Å². The lowest BCUT2D eigenvalue weighted by molar-refractivity contribution is 0.0952. The van der Waals surface area contributed by atoms with Gasteiger partial charge in [-0.25, -0.2) is 4.98 Å². The molecule has 22 heavy (non-hydrogen) atoms. The van der Waals surface area contributed by atoms with E-state index >= 15 is 0 Å². The Hall–Kier alpha value is -2.21. The fourth-order valence-electron chi connectivity index (χ4n) is 2.31. The molecule has 0 saturated carbocycles. The third-order valence-electron chi connectivity index (χ3n) is 3.54. The van der Waals surface area contributed by atoms with Crippen LogP contribution in [0.2, 0.25) is 0 Å². The summed E-state index contributed by atoms with van der Waals surface area (Å²) < 4.78 is 7.23. The number of methoxy groups -OCH3 is 1. The molecule has 2 aromatic rings. The number of amides is 1. The first-order valence-electron chi connectivity index (χ1n) is 7.33. The molecule has 0 bridgehead atoms. The van der Waals surface area contributed by atoms with Crippen LogP contribution in [0.3, 0.4) is 0 Å². The molecule has 6 heteroatoms. The summed E-state index contributed by atoms with van der Waals surface area (Å²) in [5, 5.41) is 2.92. The van der Waals surface area contributed by atoms with Gasteiger partial charge in [-0.2, -0.15) is 0 Å². The largest absolute Gasteiger partial charge is 0.383 e. The fraction of sp³-hybridized carbons (Fsp3) is 0.438. The molecule has 2 aromatic heterocycles. The zero-order chi connectivity index (χ0) is 15.9. The lowest BCUT2D eigenvalue weighted by Gasteiger charge is -2.10. The lowest BCUT2D eigenvalue weighted by Crippen LogP contribution is -2.27. The Morgan fingerprint density at radius 2 is 2.18 bits per heavy atom. The Balaban J connectivity index is 1.91. The van der Waals surface area contributed by atoms with Crippen LogP contribution < -0.4 is 5.32 Å². The van der Waals surface area contributed by atoms with Crippen molar-refractivity contribution < 1.29 is 9.53 Å². The minimum absolute atomic E-state index is 0.0997. The van der Waals surface area contributed by atoms with Crippen molar-refractivity contribution >= 4 is 5.91 Å². The van der Waals surface area contributed by atoms with Gasteiger partial charge in [0.2, 0.25) is 0 Å². The number of ether oxygens (including phenoxy) is 1. The molecule has 0 unspecified atom stereocenters. The molecule has 6 nitrogen and oxygen atoms in total. The zero-order valence-corrected chi connectivity index (χ0v) is 13.3. The maximum absolute atomic E-state index is 12.1.